The molecule has 0 unspecified atom stereocenters. The normalized spacial score (nSPS) is 15.2. The maximum atomic E-state index is 5.78. The van der Waals surface area contributed by atoms with Crippen molar-refractivity contribution in [1.82, 2.24) is 5.32 Å². The largest absolute Gasteiger partial charge is 0.492 e. The van der Waals surface area contributed by atoms with Crippen molar-refractivity contribution in [2.45, 2.75) is 26.2 Å². The highest BCUT2D eigenvalue weighted by Gasteiger charge is 2.16. The van der Waals surface area contributed by atoms with Crippen LogP contribution in [0.3, 0.4) is 0 Å². The Morgan fingerprint density at radius 3 is 2.65 bits per heavy atom. The zero-order valence-corrected chi connectivity index (χ0v) is 14.3. The molecule has 0 radical (unpaired) electrons. The molecule has 3 N–H and O–H groups in total. The topological polar surface area (TPSA) is 59.6 Å². The number of benzene rings is 1. The lowest BCUT2D eigenvalue weighted by Crippen LogP contribution is -2.35. The molecule has 1 saturated carbocycles. The van der Waals surface area contributed by atoms with E-state index in [1.165, 1.54) is 24.8 Å². The Morgan fingerprint density at radius 2 is 2.05 bits per heavy atom. The molecule has 2 rings (SSSR count). The standard InChI is InChI=1S/C15H23N3O.HI/c1-12-5-7-14(8-6-12)19-10-9-17-15(16)18-11-13-3-2-4-13;/h5-8,13H,2-4,9-11H2,1H3,(H3,16,17,18);1H. The molecule has 1 fully saturated rings. The third kappa shape index (κ3) is 5.98. The SMILES string of the molecule is Cc1ccc(OCCNC(N)=NCC2CCC2)cc1.I. The van der Waals surface area contributed by atoms with E-state index in [-0.39, 0.29) is 24.0 Å². The molecule has 0 heterocycles. The molecule has 4 nitrogen and oxygen atoms in total. The smallest absolute Gasteiger partial charge is 0.188 e. The van der Waals surface area contributed by atoms with Gasteiger partial charge in [-0.25, -0.2) is 0 Å². The van der Waals surface area contributed by atoms with Crippen LogP contribution in [0, 0.1) is 12.8 Å². The van der Waals surface area contributed by atoms with Gasteiger partial charge in [0.2, 0.25) is 0 Å². The number of halogens is 1. The highest BCUT2D eigenvalue weighted by molar-refractivity contribution is 14.0. The first-order valence-corrected chi connectivity index (χ1v) is 6.97. The summed E-state index contributed by atoms with van der Waals surface area (Å²) in [4.78, 5) is 4.33. The van der Waals surface area contributed by atoms with E-state index in [1.807, 2.05) is 24.3 Å². The number of ether oxygens (including phenoxy) is 1. The first kappa shape index (κ1) is 17.1. The summed E-state index contributed by atoms with van der Waals surface area (Å²) in [7, 11) is 0. The average Bonchev–Trinajstić information content (AvgIpc) is 2.35. The van der Waals surface area contributed by atoms with Crippen LogP contribution in [0.2, 0.25) is 0 Å². The predicted octanol–water partition coefficient (Wildman–Crippen LogP) is 2.70. The molecule has 0 aromatic heterocycles. The Hall–Kier alpha value is -0.980. The van der Waals surface area contributed by atoms with Gasteiger partial charge in [-0.05, 0) is 37.8 Å². The molecule has 0 spiro atoms. The van der Waals surface area contributed by atoms with E-state index < -0.39 is 0 Å². The zero-order chi connectivity index (χ0) is 13.5. The highest BCUT2D eigenvalue weighted by Crippen LogP contribution is 2.26. The maximum absolute atomic E-state index is 5.78. The van der Waals surface area contributed by atoms with E-state index in [0.717, 1.165) is 18.2 Å². The summed E-state index contributed by atoms with van der Waals surface area (Å²) in [5, 5.41) is 3.07. The van der Waals surface area contributed by atoms with Crippen molar-refractivity contribution in [2.24, 2.45) is 16.6 Å². The molecule has 1 aromatic carbocycles. The van der Waals surface area contributed by atoms with Crippen molar-refractivity contribution in [3.05, 3.63) is 29.8 Å². The van der Waals surface area contributed by atoms with E-state index in [9.17, 15) is 0 Å². The molecule has 1 aromatic rings. The molecule has 20 heavy (non-hydrogen) atoms. The summed E-state index contributed by atoms with van der Waals surface area (Å²) in [5.41, 5.74) is 7.02. The van der Waals surface area contributed by atoms with Crippen LogP contribution in [0.15, 0.2) is 29.3 Å². The molecule has 112 valence electrons. The van der Waals surface area contributed by atoms with Crippen LogP contribution in [0.25, 0.3) is 0 Å². The zero-order valence-electron chi connectivity index (χ0n) is 12.0. The summed E-state index contributed by atoms with van der Waals surface area (Å²) in [6.45, 7) is 4.18. The number of hydrogen-bond donors (Lipinski definition) is 2. The van der Waals surface area contributed by atoms with Crippen molar-refractivity contribution < 1.29 is 4.74 Å². The maximum Gasteiger partial charge on any atom is 0.188 e. The molecule has 1 aliphatic carbocycles. The van der Waals surface area contributed by atoms with Gasteiger partial charge in [0, 0.05) is 6.54 Å². The summed E-state index contributed by atoms with van der Waals surface area (Å²) < 4.78 is 5.60. The number of aryl methyl sites for hydroxylation is 1. The molecule has 0 saturated heterocycles. The van der Waals surface area contributed by atoms with Crippen LogP contribution in [0.1, 0.15) is 24.8 Å². The number of aliphatic imine (C=N–C) groups is 1. The number of nitrogens with zero attached hydrogens (tertiary/aromatic N) is 1. The molecule has 5 heteroatoms. The van der Waals surface area contributed by atoms with Crippen molar-refractivity contribution in [2.75, 3.05) is 19.7 Å². The summed E-state index contributed by atoms with van der Waals surface area (Å²) in [6.07, 6.45) is 3.94. The Kier molecular flexibility index (Phi) is 7.72. The third-order valence-corrected chi connectivity index (χ3v) is 3.44. The van der Waals surface area contributed by atoms with Crippen molar-refractivity contribution in [3.63, 3.8) is 0 Å². The van der Waals surface area contributed by atoms with Crippen LogP contribution in [0.4, 0.5) is 0 Å². The second-order valence-electron chi connectivity index (χ2n) is 5.11. The van der Waals surface area contributed by atoms with Crippen LogP contribution in [-0.2, 0) is 0 Å². The van der Waals surface area contributed by atoms with E-state index in [1.54, 1.807) is 0 Å². The Bertz CT molecular complexity index is 416. The molecule has 1 aliphatic rings. The number of rotatable bonds is 6. The van der Waals surface area contributed by atoms with E-state index >= 15 is 0 Å². The van der Waals surface area contributed by atoms with Crippen molar-refractivity contribution in [1.29, 1.82) is 0 Å². The minimum atomic E-state index is 0. The van der Waals surface area contributed by atoms with Gasteiger partial charge in [0.15, 0.2) is 5.96 Å². The Balaban J connectivity index is 0.00000200. The van der Waals surface area contributed by atoms with Gasteiger partial charge in [-0.2, -0.15) is 0 Å². The fourth-order valence-corrected chi connectivity index (χ4v) is 1.94. The van der Waals surface area contributed by atoms with Gasteiger partial charge >= 0.3 is 0 Å². The van der Waals surface area contributed by atoms with Crippen LogP contribution in [0.5, 0.6) is 5.75 Å². The number of hydrogen-bond acceptors (Lipinski definition) is 2. The molecular formula is C15H24IN3O. The van der Waals surface area contributed by atoms with Crippen LogP contribution < -0.4 is 15.8 Å². The van der Waals surface area contributed by atoms with Gasteiger partial charge in [-0.3, -0.25) is 4.99 Å². The lowest BCUT2D eigenvalue weighted by atomic mass is 9.86. The molecule has 0 aliphatic heterocycles. The quantitative estimate of drug-likeness (QED) is 0.341. The molecule has 0 bridgehead atoms. The van der Waals surface area contributed by atoms with Gasteiger partial charge in [0.25, 0.3) is 0 Å². The van der Waals surface area contributed by atoms with Gasteiger partial charge in [0.05, 0.1) is 6.54 Å². The lowest BCUT2D eigenvalue weighted by molar-refractivity contribution is 0.320. The van der Waals surface area contributed by atoms with Crippen molar-refractivity contribution in [3.8, 4) is 5.75 Å². The van der Waals surface area contributed by atoms with Crippen LogP contribution >= 0.6 is 24.0 Å². The fourth-order valence-electron chi connectivity index (χ4n) is 1.94. The molecule has 0 amide bonds. The summed E-state index contributed by atoms with van der Waals surface area (Å²) in [6, 6.07) is 8.03. The fraction of sp³-hybridized carbons (Fsp3) is 0.533. The van der Waals surface area contributed by atoms with E-state index in [4.69, 9.17) is 10.5 Å². The minimum absolute atomic E-state index is 0. The number of nitrogens with two attached hydrogens (primary N) is 1. The van der Waals surface area contributed by atoms with Gasteiger partial charge in [-0.15, -0.1) is 24.0 Å². The summed E-state index contributed by atoms with van der Waals surface area (Å²) >= 11 is 0. The second kappa shape index (κ2) is 9.05. The van der Waals surface area contributed by atoms with Gasteiger partial charge in [-0.1, -0.05) is 24.1 Å². The first-order chi connectivity index (χ1) is 9.24. The van der Waals surface area contributed by atoms with Crippen molar-refractivity contribution >= 4 is 29.9 Å². The Labute approximate surface area is 138 Å². The summed E-state index contributed by atoms with van der Waals surface area (Å²) in [5.74, 6) is 2.17. The molecule has 0 atom stereocenters. The second-order valence-corrected chi connectivity index (χ2v) is 5.11. The van der Waals surface area contributed by atoms with Gasteiger partial charge < -0.3 is 15.8 Å². The first-order valence-electron chi connectivity index (χ1n) is 6.97. The monoisotopic (exact) mass is 389 g/mol. The highest BCUT2D eigenvalue weighted by atomic mass is 127. The Morgan fingerprint density at radius 1 is 1.35 bits per heavy atom. The van der Waals surface area contributed by atoms with Crippen LogP contribution in [-0.4, -0.2) is 25.7 Å². The minimum Gasteiger partial charge on any atom is -0.492 e. The third-order valence-electron chi connectivity index (χ3n) is 3.44. The predicted molar refractivity (Wildman–Crippen MR) is 93.9 cm³/mol. The number of guanidine groups is 1. The van der Waals surface area contributed by atoms with E-state index in [2.05, 4.69) is 17.2 Å². The average molecular weight is 389 g/mol. The number of nitrogens with one attached hydrogen (secondary N) is 1. The van der Waals surface area contributed by atoms with Gasteiger partial charge in [0.1, 0.15) is 12.4 Å². The lowest BCUT2D eigenvalue weighted by Gasteiger charge is -2.23. The molecular weight excluding hydrogens is 365 g/mol. The van der Waals surface area contributed by atoms with E-state index in [0.29, 0.717) is 19.1 Å².